The Morgan fingerprint density at radius 3 is 2.33 bits per heavy atom. The van der Waals surface area contributed by atoms with Crippen molar-refractivity contribution in [1.29, 1.82) is 0 Å². The van der Waals surface area contributed by atoms with Crippen molar-refractivity contribution in [3.8, 4) is 0 Å². The second-order valence-corrected chi connectivity index (χ2v) is 4.75. The van der Waals surface area contributed by atoms with Crippen molar-refractivity contribution < 1.29 is 0 Å². The molecule has 12 heavy (non-hydrogen) atoms. The van der Waals surface area contributed by atoms with Crippen LogP contribution in [0, 0.1) is 0 Å². The molecule has 0 aromatic heterocycles. The Kier molecular flexibility index (Phi) is 3.13. The average Bonchev–Trinajstić information content (AvgIpc) is 2.03. The van der Waals surface area contributed by atoms with Gasteiger partial charge in [0.25, 0.3) is 0 Å². The summed E-state index contributed by atoms with van der Waals surface area (Å²) in [5.74, 6) is 0. The zero-order valence-corrected chi connectivity index (χ0v) is 8.85. The largest absolute Gasteiger partial charge is 0.302 e. The molecule has 0 aromatic rings. The molecule has 0 spiro atoms. The van der Waals surface area contributed by atoms with Crippen molar-refractivity contribution in [1.82, 2.24) is 10.2 Å². The lowest BCUT2D eigenvalue weighted by Crippen LogP contribution is -2.53. The summed E-state index contributed by atoms with van der Waals surface area (Å²) >= 11 is 0. The van der Waals surface area contributed by atoms with Gasteiger partial charge in [0, 0.05) is 5.54 Å². The van der Waals surface area contributed by atoms with Gasteiger partial charge in [-0.3, -0.25) is 4.90 Å². The highest BCUT2D eigenvalue weighted by atomic mass is 15.3. The topological polar surface area (TPSA) is 15.3 Å². The van der Waals surface area contributed by atoms with Crippen LogP contribution in [0.5, 0.6) is 0 Å². The van der Waals surface area contributed by atoms with Gasteiger partial charge in [0.2, 0.25) is 0 Å². The quantitative estimate of drug-likeness (QED) is 0.645. The first kappa shape index (κ1) is 10.0. The standard InChI is InChI=1S/C10H22N2/c1-10(2,3)12(4)9-7-5-6-8-11-9/h9,11H,5-8H2,1-4H3. The van der Waals surface area contributed by atoms with Gasteiger partial charge in [0.05, 0.1) is 6.17 Å². The van der Waals surface area contributed by atoms with E-state index in [4.69, 9.17) is 0 Å². The highest BCUT2D eigenvalue weighted by Crippen LogP contribution is 2.18. The minimum atomic E-state index is 0.287. The van der Waals surface area contributed by atoms with E-state index in [1.165, 1.54) is 25.8 Å². The van der Waals surface area contributed by atoms with Gasteiger partial charge in [-0.15, -0.1) is 0 Å². The Morgan fingerprint density at radius 2 is 1.92 bits per heavy atom. The maximum atomic E-state index is 3.55. The van der Waals surface area contributed by atoms with Crippen LogP contribution in [0.15, 0.2) is 0 Å². The molecule has 1 aliphatic heterocycles. The van der Waals surface area contributed by atoms with Crippen LogP contribution in [-0.4, -0.2) is 30.2 Å². The van der Waals surface area contributed by atoms with Gasteiger partial charge in [-0.1, -0.05) is 0 Å². The van der Waals surface area contributed by atoms with Gasteiger partial charge in [-0.05, 0) is 53.6 Å². The van der Waals surface area contributed by atoms with E-state index in [2.05, 4.69) is 38.0 Å². The molecular formula is C10H22N2. The third-order valence-corrected chi connectivity index (χ3v) is 2.81. The second kappa shape index (κ2) is 3.75. The average molecular weight is 170 g/mol. The molecule has 1 saturated heterocycles. The van der Waals surface area contributed by atoms with Crippen LogP contribution in [0.2, 0.25) is 0 Å². The predicted molar refractivity (Wildman–Crippen MR) is 53.2 cm³/mol. The Hall–Kier alpha value is -0.0800. The molecule has 1 aliphatic rings. The first-order valence-corrected chi connectivity index (χ1v) is 4.98. The van der Waals surface area contributed by atoms with Gasteiger partial charge in [-0.25, -0.2) is 0 Å². The van der Waals surface area contributed by atoms with E-state index >= 15 is 0 Å². The fraction of sp³-hybridized carbons (Fsp3) is 1.00. The molecule has 0 bridgehead atoms. The molecule has 0 aliphatic carbocycles. The zero-order valence-electron chi connectivity index (χ0n) is 8.85. The van der Waals surface area contributed by atoms with Gasteiger partial charge in [-0.2, -0.15) is 0 Å². The molecule has 0 aromatic carbocycles. The summed E-state index contributed by atoms with van der Waals surface area (Å²) in [6.45, 7) is 7.99. The van der Waals surface area contributed by atoms with E-state index < -0.39 is 0 Å². The van der Waals surface area contributed by atoms with Crippen LogP contribution in [0.3, 0.4) is 0 Å². The number of nitrogens with zero attached hydrogens (tertiary/aromatic N) is 1. The van der Waals surface area contributed by atoms with Crippen LogP contribution < -0.4 is 5.32 Å². The zero-order chi connectivity index (χ0) is 9.19. The van der Waals surface area contributed by atoms with Gasteiger partial charge >= 0.3 is 0 Å². The molecule has 1 fully saturated rings. The molecule has 1 unspecified atom stereocenters. The van der Waals surface area contributed by atoms with Crippen molar-refractivity contribution >= 4 is 0 Å². The lowest BCUT2D eigenvalue weighted by atomic mass is 10.0. The monoisotopic (exact) mass is 170 g/mol. The number of nitrogens with one attached hydrogen (secondary N) is 1. The molecule has 2 heteroatoms. The first-order valence-electron chi connectivity index (χ1n) is 4.98. The van der Waals surface area contributed by atoms with Crippen molar-refractivity contribution in [2.24, 2.45) is 0 Å². The van der Waals surface area contributed by atoms with E-state index in [1.54, 1.807) is 0 Å². The van der Waals surface area contributed by atoms with E-state index in [1.807, 2.05) is 0 Å². The van der Waals surface area contributed by atoms with Crippen molar-refractivity contribution in [3.63, 3.8) is 0 Å². The highest BCUT2D eigenvalue weighted by molar-refractivity contribution is 4.80. The predicted octanol–water partition coefficient (Wildman–Crippen LogP) is 1.82. The highest BCUT2D eigenvalue weighted by Gasteiger charge is 2.25. The first-order chi connectivity index (χ1) is 5.52. The number of rotatable bonds is 1. The van der Waals surface area contributed by atoms with Crippen LogP contribution in [0.4, 0.5) is 0 Å². The molecule has 0 amide bonds. The SMILES string of the molecule is CN(C1CCCCN1)C(C)(C)C. The van der Waals surface area contributed by atoms with Crippen LogP contribution in [0.25, 0.3) is 0 Å². The fourth-order valence-electron chi connectivity index (χ4n) is 1.63. The van der Waals surface area contributed by atoms with Gasteiger partial charge in [0.1, 0.15) is 0 Å². The third-order valence-electron chi connectivity index (χ3n) is 2.81. The molecule has 0 radical (unpaired) electrons. The Balaban J connectivity index is 2.45. The molecule has 1 rings (SSSR count). The molecule has 1 N–H and O–H groups in total. The van der Waals surface area contributed by atoms with Crippen molar-refractivity contribution in [2.45, 2.75) is 51.7 Å². The van der Waals surface area contributed by atoms with E-state index in [-0.39, 0.29) is 5.54 Å². The Morgan fingerprint density at radius 1 is 1.25 bits per heavy atom. The summed E-state index contributed by atoms with van der Waals surface area (Å²) in [6.07, 6.45) is 4.61. The normalized spacial score (nSPS) is 26.2. The number of hydrogen-bond acceptors (Lipinski definition) is 2. The molecule has 72 valence electrons. The van der Waals surface area contributed by atoms with Crippen molar-refractivity contribution in [2.75, 3.05) is 13.6 Å². The minimum Gasteiger partial charge on any atom is -0.302 e. The minimum absolute atomic E-state index is 0.287. The molecular weight excluding hydrogens is 148 g/mol. The Bertz CT molecular complexity index is 131. The van der Waals surface area contributed by atoms with E-state index in [0.29, 0.717) is 6.17 Å². The van der Waals surface area contributed by atoms with E-state index in [9.17, 15) is 0 Å². The van der Waals surface area contributed by atoms with Gasteiger partial charge in [0.15, 0.2) is 0 Å². The van der Waals surface area contributed by atoms with Gasteiger partial charge < -0.3 is 5.32 Å². The van der Waals surface area contributed by atoms with Crippen LogP contribution in [-0.2, 0) is 0 Å². The summed E-state index contributed by atoms with van der Waals surface area (Å²) in [5, 5.41) is 3.55. The smallest absolute Gasteiger partial charge is 0.0598 e. The maximum Gasteiger partial charge on any atom is 0.0598 e. The van der Waals surface area contributed by atoms with Crippen LogP contribution >= 0.6 is 0 Å². The number of hydrogen-bond donors (Lipinski definition) is 1. The van der Waals surface area contributed by atoms with Crippen molar-refractivity contribution in [3.05, 3.63) is 0 Å². The fourth-order valence-corrected chi connectivity index (χ4v) is 1.63. The van der Waals surface area contributed by atoms with Crippen LogP contribution in [0.1, 0.15) is 40.0 Å². The summed E-state index contributed by atoms with van der Waals surface area (Å²) in [7, 11) is 2.21. The summed E-state index contributed by atoms with van der Waals surface area (Å²) in [6, 6.07) is 0. The summed E-state index contributed by atoms with van der Waals surface area (Å²) in [5.41, 5.74) is 0.287. The lowest BCUT2D eigenvalue weighted by molar-refractivity contribution is 0.0770. The summed E-state index contributed by atoms with van der Waals surface area (Å²) in [4.78, 5) is 2.44. The third kappa shape index (κ3) is 2.46. The maximum absolute atomic E-state index is 3.55. The Labute approximate surface area is 76.3 Å². The molecule has 0 saturated carbocycles. The van der Waals surface area contributed by atoms with E-state index in [0.717, 1.165) is 0 Å². The molecule has 2 nitrogen and oxygen atoms in total. The molecule has 1 heterocycles. The molecule has 1 atom stereocenters. The lowest BCUT2D eigenvalue weighted by Gasteiger charge is -2.40. The number of piperidine rings is 1. The summed E-state index contributed by atoms with van der Waals surface area (Å²) < 4.78 is 0. The second-order valence-electron chi connectivity index (χ2n) is 4.75.